The highest BCUT2D eigenvalue weighted by Crippen LogP contribution is 2.24. The molecule has 2 N–H and O–H groups in total. The molecule has 160 valence electrons. The van der Waals surface area contributed by atoms with Crippen molar-refractivity contribution in [3.63, 3.8) is 0 Å². The smallest absolute Gasteiger partial charge is 0.257 e. The maximum absolute atomic E-state index is 13.5. The van der Waals surface area contributed by atoms with Crippen molar-refractivity contribution in [3.05, 3.63) is 53.7 Å². The largest absolute Gasteiger partial charge is 0.353 e. The zero-order valence-electron chi connectivity index (χ0n) is 18.0. The maximum Gasteiger partial charge on any atom is 0.257 e. The van der Waals surface area contributed by atoms with Gasteiger partial charge in [0.1, 0.15) is 5.82 Å². The summed E-state index contributed by atoms with van der Waals surface area (Å²) in [5, 5.41) is 6.20. The molecule has 1 saturated heterocycles. The molecule has 1 aliphatic rings. The molecule has 2 amide bonds. The Morgan fingerprint density at radius 2 is 1.90 bits per heavy atom. The number of anilines is 2. The Hall–Kier alpha value is -2.93. The quantitative estimate of drug-likeness (QED) is 0.735. The van der Waals surface area contributed by atoms with Crippen molar-refractivity contribution < 1.29 is 9.59 Å². The number of rotatable bonds is 7. The predicted octanol–water partition coefficient (Wildman–Crippen LogP) is 2.75. The summed E-state index contributed by atoms with van der Waals surface area (Å²) in [6.07, 6.45) is 1.64. The van der Waals surface area contributed by atoms with Gasteiger partial charge in [-0.2, -0.15) is 0 Å². The van der Waals surface area contributed by atoms with E-state index >= 15 is 0 Å². The standard InChI is InChI=1S/C23H31N5O2/c1-4-27(16-18-8-6-5-7-9-18)23(30)20-14-19(26-22(29)17(2)3)15-25-21(20)28-12-10-24-11-13-28/h5-9,14-15,17,24H,4,10-13,16H2,1-3H3,(H,26,29). The summed E-state index contributed by atoms with van der Waals surface area (Å²) in [6.45, 7) is 10.0. The van der Waals surface area contributed by atoms with Crippen LogP contribution >= 0.6 is 0 Å². The zero-order chi connectivity index (χ0) is 21.5. The molecule has 1 aromatic heterocycles. The average molecular weight is 410 g/mol. The van der Waals surface area contributed by atoms with E-state index in [-0.39, 0.29) is 17.7 Å². The van der Waals surface area contributed by atoms with Crippen LogP contribution < -0.4 is 15.5 Å². The molecule has 0 radical (unpaired) electrons. The summed E-state index contributed by atoms with van der Waals surface area (Å²) in [7, 11) is 0. The van der Waals surface area contributed by atoms with Crippen molar-refractivity contribution >= 4 is 23.3 Å². The summed E-state index contributed by atoms with van der Waals surface area (Å²) in [6, 6.07) is 11.7. The van der Waals surface area contributed by atoms with Crippen molar-refractivity contribution in [2.24, 2.45) is 5.92 Å². The van der Waals surface area contributed by atoms with Crippen LogP contribution in [0.4, 0.5) is 11.5 Å². The van der Waals surface area contributed by atoms with Crippen molar-refractivity contribution in [1.82, 2.24) is 15.2 Å². The number of carbonyl (C=O) groups is 2. The van der Waals surface area contributed by atoms with Crippen LogP contribution in [0, 0.1) is 5.92 Å². The maximum atomic E-state index is 13.5. The lowest BCUT2D eigenvalue weighted by Crippen LogP contribution is -2.45. The Bertz CT molecular complexity index is 863. The van der Waals surface area contributed by atoms with E-state index in [0.29, 0.717) is 30.2 Å². The monoisotopic (exact) mass is 409 g/mol. The fourth-order valence-corrected chi connectivity index (χ4v) is 3.40. The second-order valence-corrected chi connectivity index (χ2v) is 7.78. The second-order valence-electron chi connectivity index (χ2n) is 7.78. The van der Waals surface area contributed by atoms with Crippen LogP contribution in [0.5, 0.6) is 0 Å². The fourth-order valence-electron chi connectivity index (χ4n) is 3.40. The lowest BCUT2D eigenvalue weighted by Gasteiger charge is -2.31. The summed E-state index contributed by atoms with van der Waals surface area (Å²) >= 11 is 0. The third-order valence-corrected chi connectivity index (χ3v) is 5.19. The van der Waals surface area contributed by atoms with Crippen LogP contribution in [-0.4, -0.2) is 54.4 Å². The van der Waals surface area contributed by atoms with Crippen LogP contribution in [0.3, 0.4) is 0 Å². The number of hydrogen-bond acceptors (Lipinski definition) is 5. The van der Waals surface area contributed by atoms with Crippen molar-refractivity contribution in [2.75, 3.05) is 42.9 Å². The van der Waals surface area contributed by atoms with Gasteiger partial charge in [0, 0.05) is 45.2 Å². The summed E-state index contributed by atoms with van der Waals surface area (Å²) < 4.78 is 0. The second kappa shape index (κ2) is 10.2. The molecule has 3 rings (SSSR count). The number of nitrogens with zero attached hydrogens (tertiary/aromatic N) is 3. The minimum atomic E-state index is -0.151. The number of nitrogens with one attached hydrogen (secondary N) is 2. The highest BCUT2D eigenvalue weighted by Gasteiger charge is 2.24. The van der Waals surface area contributed by atoms with Crippen LogP contribution in [0.25, 0.3) is 0 Å². The van der Waals surface area contributed by atoms with E-state index in [0.717, 1.165) is 31.7 Å². The highest BCUT2D eigenvalue weighted by atomic mass is 16.2. The number of benzene rings is 1. The number of piperazine rings is 1. The molecule has 7 nitrogen and oxygen atoms in total. The number of aromatic nitrogens is 1. The third kappa shape index (κ3) is 5.36. The molecule has 2 heterocycles. The third-order valence-electron chi connectivity index (χ3n) is 5.19. The number of pyridine rings is 1. The van der Waals surface area contributed by atoms with Crippen LogP contribution in [0.2, 0.25) is 0 Å². The summed E-state index contributed by atoms with van der Waals surface area (Å²) in [5.41, 5.74) is 2.15. The molecular weight excluding hydrogens is 378 g/mol. The minimum absolute atomic E-state index is 0.0805. The number of hydrogen-bond donors (Lipinski definition) is 2. The first-order valence-electron chi connectivity index (χ1n) is 10.6. The molecule has 0 atom stereocenters. The molecule has 0 aliphatic carbocycles. The van der Waals surface area contributed by atoms with Gasteiger partial charge in [0.15, 0.2) is 0 Å². The van der Waals surface area contributed by atoms with Gasteiger partial charge in [0.05, 0.1) is 17.4 Å². The van der Waals surface area contributed by atoms with Gasteiger partial charge in [-0.25, -0.2) is 4.98 Å². The van der Waals surface area contributed by atoms with Gasteiger partial charge in [0.2, 0.25) is 5.91 Å². The summed E-state index contributed by atoms with van der Waals surface area (Å²) in [5.74, 6) is 0.350. The van der Waals surface area contributed by atoms with E-state index < -0.39 is 0 Å². The minimum Gasteiger partial charge on any atom is -0.353 e. The van der Waals surface area contributed by atoms with E-state index in [9.17, 15) is 9.59 Å². The zero-order valence-corrected chi connectivity index (χ0v) is 18.0. The molecule has 7 heteroatoms. The van der Waals surface area contributed by atoms with Gasteiger partial charge in [0.25, 0.3) is 5.91 Å². The Labute approximate surface area is 178 Å². The van der Waals surface area contributed by atoms with Gasteiger partial charge < -0.3 is 20.4 Å². The summed E-state index contributed by atoms with van der Waals surface area (Å²) in [4.78, 5) is 34.2. The van der Waals surface area contributed by atoms with Gasteiger partial charge in [-0.15, -0.1) is 0 Å². The van der Waals surface area contributed by atoms with Crippen LogP contribution in [-0.2, 0) is 11.3 Å². The number of amides is 2. The van der Waals surface area contributed by atoms with Crippen LogP contribution in [0.15, 0.2) is 42.6 Å². The van der Waals surface area contributed by atoms with Crippen molar-refractivity contribution in [1.29, 1.82) is 0 Å². The van der Waals surface area contributed by atoms with Crippen LogP contribution in [0.1, 0.15) is 36.7 Å². The predicted molar refractivity (Wildman–Crippen MR) is 120 cm³/mol. The first-order chi connectivity index (χ1) is 14.5. The van der Waals surface area contributed by atoms with Gasteiger partial charge in [-0.1, -0.05) is 44.2 Å². The highest BCUT2D eigenvalue weighted by molar-refractivity contribution is 6.01. The van der Waals surface area contributed by atoms with Crippen molar-refractivity contribution in [2.45, 2.75) is 27.3 Å². The molecule has 0 spiro atoms. The molecule has 2 aromatic rings. The van der Waals surface area contributed by atoms with E-state index in [4.69, 9.17) is 0 Å². The Morgan fingerprint density at radius 1 is 1.20 bits per heavy atom. The molecule has 1 aliphatic heterocycles. The Kier molecular flexibility index (Phi) is 7.41. The number of carbonyl (C=O) groups excluding carboxylic acids is 2. The lowest BCUT2D eigenvalue weighted by molar-refractivity contribution is -0.118. The molecular formula is C23H31N5O2. The van der Waals surface area contributed by atoms with E-state index in [1.165, 1.54) is 0 Å². The molecule has 0 bridgehead atoms. The van der Waals surface area contributed by atoms with E-state index in [1.54, 1.807) is 12.3 Å². The Balaban J connectivity index is 1.92. The first-order valence-corrected chi connectivity index (χ1v) is 10.6. The Morgan fingerprint density at radius 3 is 2.53 bits per heavy atom. The van der Waals surface area contributed by atoms with Gasteiger partial charge in [-0.3, -0.25) is 9.59 Å². The van der Waals surface area contributed by atoms with Gasteiger partial charge in [-0.05, 0) is 18.6 Å². The fraction of sp³-hybridized carbons (Fsp3) is 0.435. The van der Waals surface area contributed by atoms with Crippen molar-refractivity contribution in [3.8, 4) is 0 Å². The topological polar surface area (TPSA) is 77.6 Å². The average Bonchev–Trinajstić information content (AvgIpc) is 2.78. The lowest BCUT2D eigenvalue weighted by atomic mass is 10.1. The molecule has 0 saturated carbocycles. The SMILES string of the molecule is CCN(Cc1ccccc1)C(=O)c1cc(NC(=O)C(C)C)cnc1N1CCNCC1. The molecule has 1 fully saturated rings. The van der Waals surface area contributed by atoms with E-state index in [2.05, 4.69) is 20.5 Å². The van der Waals surface area contributed by atoms with E-state index in [1.807, 2.05) is 56.0 Å². The normalized spacial score (nSPS) is 13.9. The molecule has 1 aromatic carbocycles. The molecule has 30 heavy (non-hydrogen) atoms. The molecule has 0 unspecified atom stereocenters. The van der Waals surface area contributed by atoms with Gasteiger partial charge >= 0.3 is 0 Å². The first kappa shape index (κ1) is 21.8.